The van der Waals surface area contributed by atoms with Gasteiger partial charge in [-0.25, -0.2) is 4.79 Å². The molecule has 3 rings (SSSR count). The second kappa shape index (κ2) is 8.23. The molecule has 0 aliphatic rings. The van der Waals surface area contributed by atoms with Gasteiger partial charge < -0.3 is 15.0 Å². The number of hydrogen-bond acceptors (Lipinski definition) is 3. The summed E-state index contributed by atoms with van der Waals surface area (Å²) < 4.78 is 1.94. The highest BCUT2D eigenvalue weighted by molar-refractivity contribution is 5.94. The van der Waals surface area contributed by atoms with Crippen molar-refractivity contribution in [3.05, 3.63) is 77.5 Å². The van der Waals surface area contributed by atoms with E-state index in [0.717, 1.165) is 16.5 Å². The molecule has 1 heterocycles. The van der Waals surface area contributed by atoms with E-state index < -0.39 is 17.9 Å². The first-order chi connectivity index (χ1) is 13.5. The van der Waals surface area contributed by atoms with Crippen LogP contribution in [0.1, 0.15) is 16.7 Å². The van der Waals surface area contributed by atoms with Gasteiger partial charge in [-0.3, -0.25) is 4.79 Å². The smallest absolute Gasteiger partial charge is 0.326 e. The molecule has 0 unspecified atom stereocenters. The fraction of sp³-hybridized carbons (Fsp3) is 0.136. The SMILES string of the molecule is Cn1cc(C[C@H](NC(=O)/C=C/c2cccc(C#N)c2)C(=O)O)c2ccccc21. The summed E-state index contributed by atoms with van der Waals surface area (Å²) in [5.74, 6) is -1.60. The van der Waals surface area contributed by atoms with Gasteiger partial charge in [0.1, 0.15) is 6.04 Å². The monoisotopic (exact) mass is 373 g/mol. The van der Waals surface area contributed by atoms with Crippen molar-refractivity contribution in [2.24, 2.45) is 7.05 Å². The summed E-state index contributed by atoms with van der Waals surface area (Å²) in [6, 6.07) is 15.5. The van der Waals surface area contributed by atoms with E-state index in [1.807, 2.05) is 48.1 Å². The van der Waals surface area contributed by atoms with E-state index in [1.165, 1.54) is 6.08 Å². The van der Waals surface area contributed by atoms with Crippen LogP contribution in [0.4, 0.5) is 0 Å². The van der Waals surface area contributed by atoms with Crippen molar-refractivity contribution >= 4 is 28.9 Å². The number of rotatable bonds is 6. The number of nitrogens with zero attached hydrogens (tertiary/aromatic N) is 2. The summed E-state index contributed by atoms with van der Waals surface area (Å²) in [7, 11) is 1.90. The molecular formula is C22H19N3O3. The number of aryl methyl sites for hydroxylation is 1. The maximum atomic E-state index is 12.2. The number of nitriles is 1. The second-order valence-corrected chi connectivity index (χ2v) is 6.46. The van der Waals surface area contributed by atoms with Crippen molar-refractivity contribution in [3.8, 4) is 6.07 Å². The van der Waals surface area contributed by atoms with Gasteiger partial charge in [0, 0.05) is 36.6 Å². The highest BCUT2D eigenvalue weighted by Gasteiger charge is 2.21. The molecule has 0 bridgehead atoms. The Morgan fingerprint density at radius 2 is 2.04 bits per heavy atom. The maximum absolute atomic E-state index is 12.2. The predicted octanol–water partition coefficient (Wildman–Crippen LogP) is 2.88. The van der Waals surface area contributed by atoms with Crippen molar-refractivity contribution < 1.29 is 14.7 Å². The zero-order chi connectivity index (χ0) is 20.1. The van der Waals surface area contributed by atoms with Crippen LogP contribution in [0.5, 0.6) is 0 Å². The maximum Gasteiger partial charge on any atom is 0.326 e. The van der Waals surface area contributed by atoms with E-state index >= 15 is 0 Å². The summed E-state index contributed by atoms with van der Waals surface area (Å²) in [5.41, 5.74) is 3.04. The van der Waals surface area contributed by atoms with E-state index in [-0.39, 0.29) is 6.42 Å². The summed E-state index contributed by atoms with van der Waals surface area (Å²) in [4.78, 5) is 23.9. The third-order valence-electron chi connectivity index (χ3n) is 4.46. The van der Waals surface area contributed by atoms with E-state index in [0.29, 0.717) is 11.1 Å². The first kappa shape index (κ1) is 18.9. The Labute approximate surface area is 162 Å². The number of carbonyl (C=O) groups excluding carboxylic acids is 1. The van der Waals surface area contributed by atoms with Gasteiger partial charge in [0.2, 0.25) is 5.91 Å². The number of carboxylic acids is 1. The summed E-state index contributed by atoms with van der Waals surface area (Å²) >= 11 is 0. The molecule has 28 heavy (non-hydrogen) atoms. The van der Waals surface area contributed by atoms with E-state index in [1.54, 1.807) is 30.3 Å². The van der Waals surface area contributed by atoms with E-state index in [4.69, 9.17) is 5.26 Å². The standard InChI is InChI=1S/C22H19N3O3/c1-25-14-17(18-7-2-3-8-20(18)25)12-19(22(27)28)24-21(26)10-9-15-5-4-6-16(11-15)13-23/h2-11,14,19H,12H2,1H3,(H,24,26)(H,27,28)/b10-9+/t19-/m0/s1. The molecule has 0 saturated heterocycles. The molecular weight excluding hydrogens is 354 g/mol. The number of benzene rings is 2. The lowest BCUT2D eigenvalue weighted by Crippen LogP contribution is -2.41. The van der Waals surface area contributed by atoms with Crippen LogP contribution in [0.25, 0.3) is 17.0 Å². The van der Waals surface area contributed by atoms with Crippen LogP contribution in [0.15, 0.2) is 60.8 Å². The quantitative estimate of drug-likeness (QED) is 0.650. The molecule has 0 spiro atoms. The number of nitrogens with one attached hydrogen (secondary N) is 1. The number of fused-ring (bicyclic) bond motifs is 1. The first-order valence-corrected chi connectivity index (χ1v) is 8.72. The molecule has 0 fully saturated rings. The number of hydrogen-bond donors (Lipinski definition) is 2. The van der Waals surface area contributed by atoms with Crippen molar-refractivity contribution in [3.63, 3.8) is 0 Å². The van der Waals surface area contributed by atoms with E-state index in [9.17, 15) is 14.7 Å². The molecule has 2 N–H and O–H groups in total. The van der Waals surface area contributed by atoms with Crippen molar-refractivity contribution in [2.75, 3.05) is 0 Å². The molecule has 0 radical (unpaired) electrons. The van der Waals surface area contributed by atoms with Crippen LogP contribution < -0.4 is 5.32 Å². The molecule has 0 aliphatic heterocycles. The third kappa shape index (κ3) is 4.27. The Balaban J connectivity index is 1.74. The third-order valence-corrected chi connectivity index (χ3v) is 4.46. The minimum absolute atomic E-state index is 0.181. The van der Waals surface area contributed by atoms with Gasteiger partial charge >= 0.3 is 5.97 Å². The van der Waals surface area contributed by atoms with Gasteiger partial charge in [-0.15, -0.1) is 0 Å². The lowest BCUT2D eigenvalue weighted by Gasteiger charge is -2.13. The minimum Gasteiger partial charge on any atom is -0.480 e. The zero-order valence-electron chi connectivity index (χ0n) is 15.3. The van der Waals surface area contributed by atoms with Gasteiger partial charge in [-0.2, -0.15) is 5.26 Å². The van der Waals surface area contributed by atoms with Crippen molar-refractivity contribution in [2.45, 2.75) is 12.5 Å². The van der Waals surface area contributed by atoms with Gasteiger partial charge in [-0.05, 0) is 35.4 Å². The fourth-order valence-corrected chi connectivity index (χ4v) is 3.11. The number of para-hydroxylation sites is 1. The fourth-order valence-electron chi connectivity index (χ4n) is 3.11. The highest BCUT2D eigenvalue weighted by atomic mass is 16.4. The highest BCUT2D eigenvalue weighted by Crippen LogP contribution is 2.21. The molecule has 1 atom stereocenters. The molecule has 3 aromatic rings. The van der Waals surface area contributed by atoms with Crippen LogP contribution in [-0.4, -0.2) is 27.6 Å². The van der Waals surface area contributed by atoms with E-state index in [2.05, 4.69) is 5.32 Å². The average Bonchev–Trinajstić information content (AvgIpc) is 3.02. The number of aromatic nitrogens is 1. The van der Waals surface area contributed by atoms with Crippen molar-refractivity contribution in [1.29, 1.82) is 5.26 Å². The molecule has 0 saturated carbocycles. The van der Waals surface area contributed by atoms with Crippen molar-refractivity contribution in [1.82, 2.24) is 9.88 Å². The Kier molecular flexibility index (Phi) is 5.56. The Bertz CT molecular complexity index is 1110. The van der Waals surface area contributed by atoms with Gasteiger partial charge in [0.25, 0.3) is 0 Å². The largest absolute Gasteiger partial charge is 0.480 e. The van der Waals surface area contributed by atoms with Crippen LogP contribution >= 0.6 is 0 Å². The topological polar surface area (TPSA) is 95.1 Å². The lowest BCUT2D eigenvalue weighted by molar-refractivity contribution is -0.141. The van der Waals surface area contributed by atoms with Crippen LogP contribution in [0, 0.1) is 11.3 Å². The van der Waals surface area contributed by atoms with Crippen LogP contribution in [-0.2, 0) is 23.1 Å². The molecule has 2 aromatic carbocycles. The summed E-state index contributed by atoms with van der Waals surface area (Å²) in [5, 5.41) is 22.0. The Hall–Kier alpha value is -3.85. The Morgan fingerprint density at radius 3 is 2.79 bits per heavy atom. The zero-order valence-corrected chi connectivity index (χ0v) is 15.3. The molecule has 1 amide bonds. The predicted molar refractivity (Wildman–Crippen MR) is 106 cm³/mol. The van der Waals surface area contributed by atoms with Crippen LogP contribution in [0.3, 0.4) is 0 Å². The number of carboxylic acid groups (broad SMARTS) is 1. The Morgan fingerprint density at radius 1 is 1.25 bits per heavy atom. The molecule has 140 valence electrons. The molecule has 6 heteroatoms. The number of aliphatic carboxylic acids is 1. The minimum atomic E-state index is -1.10. The van der Waals surface area contributed by atoms with Crippen LogP contribution in [0.2, 0.25) is 0 Å². The molecule has 1 aromatic heterocycles. The average molecular weight is 373 g/mol. The second-order valence-electron chi connectivity index (χ2n) is 6.46. The number of amides is 1. The van der Waals surface area contributed by atoms with Gasteiger partial charge in [-0.1, -0.05) is 30.3 Å². The van der Waals surface area contributed by atoms with Gasteiger partial charge in [0.05, 0.1) is 11.6 Å². The summed E-state index contributed by atoms with van der Waals surface area (Å²) in [6.07, 6.45) is 4.89. The first-order valence-electron chi connectivity index (χ1n) is 8.72. The lowest BCUT2D eigenvalue weighted by atomic mass is 10.0. The summed E-state index contributed by atoms with van der Waals surface area (Å²) in [6.45, 7) is 0. The normalized spacial score (nSPS) is 12.0. The molecule has 0 aliphatic carbocycles. The number of carbonyl (C=O) groups is 2. The molecule has 6 nitrogen and oxygen atoms in total. The van der Waals surface area contributed by atoms with Gasteiger partial charge in [0.15, 0.2) is 0 Å².